The van der Waals surface area contributed by atoms with Gasteiger partial charge in [0.25, 0.3) is 0 Å². The first-order valence-electron chi connectivity index (χ1n) is 5.01. The molecule has 1 saturated carbocycles. The summed E-state index contributed by atoms with van der Waals surface area (Å²) in [4.78, 5) is 13.2. The Morgan fingerprint density at radius 2 is 2.08 bits per heavy atom. The molecule has 13 heavy (non-hydrogen) atoms. The predicted octanol–water partition coefficient (Wildman–Crippen LogP) is 1.34. The molecular formula is C10H17NO2. The summed E-state index contributed by atoms with van der Waals surface area (Å²) < 4.78 is 0. The molecule has 1 spiro atoms. The van der Waals surface area contributed by atoms with Gasteiger partial charge in [0.05, 0.1) is 0 Å². The maximum absolute atomic E-state index is 11.1. The molecule has 2 fully saturated rings. The van der Waals surface area contributed by atoms with Crippen LogP contribution in [0.25, 0.3) is 0 Å². The third kappa shape index (κ3) is 1.17. The predicted molar refractivity (Wildman–Crippen MR) is 49.6 cm³/mol. The van der Waals surface area contributed by atoms with Crippen molar-refractivity contribution in [3.8, 4) is 0 Å². The van der Waals surface area contributed by atoms with Crippen molar-refractivity contribution in [2.75, 3.05) is 13.1 Å². The van der Waals surface area contributed by atoms with Gasteiger partial charge in [-0.1, -0.05) is 6.92 Å². The van der Waals surface area contributed by atoms with E-state index in [1.807, 2.05) is 13.8 Å². The van der Waals surface area contributed by atoms with Crippen molar-refractivity contribution in [1.29, 1.82) is 0 Å². The minimum atomic E-state index is -0.675. The fourth-order valence-electron chi connectivity index (χ4n) is 2.12. The van der Waals surface area contributed by atoms with Crippen molar-refractivity contribution in [2.45, 2.75) is 38.6 Å². The van der Waals surface area contributed by atoms with Gasteiger partial charge in [-0.25, -0.2) is 0 Å². The molecule has 1 saturated heterocycles. The lowest BCUT2D eigenvalue weighted by Crippen LogP contribution is -2.62. The van der Waals surface area contributed by atoms with Crippen LogP contribution in [0.2, 0.25) is 0 Å². The second-order valence-electron chi connectivity index (χ2n) is 4.79. The monoisotopic (exact) mass is 183 g/mol. The Morgan fingerprint density at radius 3 is 2.38 bits per heavy atom. The molecule has 1 atom stereocenters. The van der Waals surface area contributed by atoms with Gasteiger partial charge >= 0.3 is 5.97 Å². The first kappa shape index (κ1) is 9.00. The molecule has 3 nitrogen and oxygen atoms in total. The van der Waals surface area contributed by atoms with Gasteiger partial charge in [-0.2, -0.15) is 0 Å². The van der Waals surface area contributed by atoms with E-state index in [2.05, 4.69) is 4.90 Å². The topological polar surface area (TPSA) is 40.5 Å². The largest absolute Gasteiger partial charge is 0.480 e. The lowest BCUT2D eigenvalue weighted by atomic mass is 9.86. The maximum atomic E-state index is 11.1. The van der Waals surface area contributed by atoms with E-state index >= 15 is 0 Å². The summed E-state index contributed by atoms with van der Waals surface area (Å²) in [7, 11) is 0. The Labute approximate surface area is 78.7 Å². The lowest BCUT2D eigenvalue weighted by molar-refractivity contribution is -0.157. The second kappa shape index (κ2) is 2.47. The summed E-state index contributed by atoms with van der Waals surface area (Å²) in [5.74, 6) is -0.675. The zero-order valence-corrected chi connectivity index (χ0v) is 8.34. The number of rotatable bonds is 3. The minimum absolute atomic E-state index is 0.548. The van der Waals surface area contributed by atoms with Crippen molar-refractivity contribution >= 4 is 5.97 Å². The maximum Gasteiger partial charge on any atom is 0.323 e. The van der Waals surface area contributed by atoms with Crippen LogP contribution in [0.3, 0.4) is 0 Å². The summed E-state index contributed by atoms with van der Waals surface area (Å²) in [6.07, 6.45) is 3.31. The van der Waals surface area contributed by atoms with E-state index in [-0.39, 0.29) is 0 Å². The average molecular weight is 183 g/mol. The molecule has 3 heteroatoms. The molecule has 74 valence electrons. The Hall–Kier alpha value is -0.570. The van der Waals surface area contributed by atoms with Crippen LogP contribution >= 0.6 is 0 Å². The minimum Gasteiger partial charge on any atom is -0.480 e. The van der Waals surface area contributed by atoms with Gasteiger partial charge in [0.15, 0.2) is 0 Å². The van der Waals surface area contributed by atoms with Crippen LogP contribution in [0.5, 0.6) is 0 Å². The molecule has 1 N–H and O–H groups in total. The molecule has 0 aromatic carbocycles. The third-order valence-corrected chi connectivity index (χ3v) is 3.86. The van der Waals surface area contributed by atoms with Crippen molar-refractivity contribution in [1.82, 2.24) is 4.90 Å². The third-order valence-electron chi connectivity index (χ3n) is 3.86. The fraction of sp³-hybridized carbons (Fsp3) is 0.900. The van der Waals surface area contributed by atoms with Gasteiger partial charge in [0.1, 0.15) is 5.54 Å². The van der Waals surface area contributed by atoms with Gasteiger partial charge < -0.3 is 5.11 Å². The van der Waals surface area contributed by atoms with Gasteiger partial charge in [-0.3, -0.25) is 9.69 Å². The summed E-state index contributed by atoms with van der Waals surface area (Å²) >= 11 is 0. The highest BCUT2D eigenvalue weighted by Gasteiger charge is 2.57. The van der Waals surface area contributed by atoms with E-state index in [1.54, 1.807) is 0 Å². The number of likely N-dealkylation sites (tertiary alicyclic amines) is 1. The van der Waals surface area contributed by atoms with Crippen LogP contribution in [0.4, 0.5) is 0 Å². The van der Waals surface area contributed by atoms with E-state index in [0.29, 0.717) is 11.8 Å². The van der Waals surface area contributed by atoms with Gasteiger partial charge in [-0.05, 0) is 31.6 Å². The van der Waals surface area contributed by atoms with E-state index in [0.717, 1.165) is 13.1 Å². The molecule has 1 heterocycles. The molecule has 0 amide bonds. The number of carbonyl (C=O) groups is 1. The molecule has 0 bridgehead atoms. The molecule has 1 aliphatic carbocycles. The number of hydrogen-bond donors (Lipinski definition) is 1. The molecule has 0 aromatic rings. The molecule has 1 unspecified atom stereocenters. The Balaban J connectivity index is 2.01. The highest BCUT2D eigenvalue weighted by Crippen LogP contribution is 2.54. The van der Waals surface area contributed by atoms with Crippen molar-refractivity contribution < 1.29 is 9.90 Å². The molecule has 1 aliphatic heterocycles. The first-order valence-corrected chi connectivity index (χ1v) is 5.01. The van der Waals surface area contributed by atoms with E-state index in [9.17, 15) is 4.79 Å². The quantitative estimate of drug-likeness (QED) is 0.717. The van der Waals surface area contributed by atoms with Gasteiger partial charge in [0, 0.05) is 13.1 Å². The van der Waals surface area contributed by atoms with Crippen LogP contribution in [-0.2, 0) is 4.79 Å². The second-order valence-corrected chi connectivity index (χ2v) is 4.79. The molecule has 2 rings (SSSR count). The first-order chi connectivity index (χ1) is 6.02. The lowest BCUT2D eigenvalue weighted by Gasteiger charge is -2.49. The normalized spacial score (nSPS) is 29.4. The molecule has 0 radical (unpaired) electrons. The van der Waals surface area contributed by atoms with Crippen molar-refractivity contribution in [3.63, 3.8) is 0 Å². The molecular weight excluding hydrogens is 166 g/mol. The van der Waals surface area contributed by atoms with Crippen LogP contribution in [0.1, 0.15) is 33.1 Å². The summed E-state index contributed by atoms with van der Waals surface area (Å²) in [5, 5.41) is 9.12. The SMILES string of the molecule is CCC(C)(C(=O)O)N1CC2(CC2)C1. The van der Waals surface area contributed by atoms with E-state index in [4.69, 9.17) is 5.11 Å². The van der Waals surface area contributed by atoms with Crippen molar-refractivity contribution in [3.05, 3.63) is 0 Å². The number of hydrogen-bond acceptors (Lipinski definition) is 2. The van der Waals surface area contributed by atoms with Gasteiger partial charge in [0.2, 0.25) is 0 Å². The zero-order valence-electron chi connectivity index (χ0n) is 8.34. The number of carboxylic acids is 1. The zero-order chi connectivity index (χ0) is 9.69. The van der Waals surface area contributed by atoms with Crippen LogP contribution in [-0.4, -0.2) is 34.6 Å². The highest BCUT2D eigenvalue weighted by molar-refractivity contribution is 5.78. The summed E-state index contributed by atoms with van der Waals surface area (Å²) in [5.41, 5.74) is -0.0697. The smallest absolute Gasteiger partial charge is 0.323 e. The van der Waals surface area contributed by atoms with Crippen LogP contribution in [0.15, 0.2) is 0 Å². The summed E-state index contributed by atoms with van der Waals surface area (Å²) in [6, 6.07) is 0. The number of aliphatic carboxylic acids is 1. The van der Waals surface area contributed by atoms with E-state index in [1.165, 1.54) is 12.8 Å². The van der Waals surface area contributed by atoms with Crippen LogP contribution < -0.4 is 0 Å². The molecule has 2 aliphatic rings. The van der Waals surface area contributed by atoms with E-state index < -0.39 is 11.5 Å². The standard InChI is InChI=1S/C10H17NO2/c1-3-9(2,8(12)13)11-6-10(7-11)4-5-10/h3-7H2,1-2H3,(H,12,13). The van der Waals surface area contributed by atoms with Crippen LogP contribution in [0, 0.1) is 5.41 Å². The molecule has 0 aromatic heterocycles. The average Bonchev–Trinajstić information content (AvgIpc) is 2.79. The number of nitrogens with zero attached hydrogens (tertiary/aromatic N) is 1. The summed E-state index contributed by atoms with van der Waals surface area (Å²) in [6.45, 7) is 5.80. The Kier molecular flexibility index (Phi) is 1.71. The Bertz CT molecular complexity index is 239. The van der Waals surface area contributed by atoms with Crippen molar-refractivity contribution in [2.24, 2.45) is 5.41 Å². The highest BCUT2D eigenvalue weighted by atomic mass is 16.4. The van der Waals surface area contributed by atoms with Gasteiger partial charge in [-0.15, -0.1) is 0 Å². The number of carboxylic acid groups (broad SMARTS) is 1. The fourth-order valence-corrected chi connectivity index (χ4v) is 2.12. The Morgan fingerprint density at radius 1 is 1.54 bits per heavy atom.